The number of aryl methyl sites for hydroxylation is 1. The Hall–Kier alpha value is -1.62. The molecule has 0 fully saturated rings. The maximum Gasteiger partial charge on any atom is 0.150 e. The summed E-state index contributed by atoms with van der Waals surface area (Å²) in [4.78, 5) is 0. The van der Waals surface area contributed by atoms with Gasteiger partial charge in [0, 0.05) is 25.4 Å². The van der Waals surface area contributed by atoms with E-state index in [-0.39, 0.29) is 0 Å². The second-order valence-electron chi connectivity index (χ2n) is 3.22. The first-order valence-electron chi connectivity index (χ1n) is 5.01. The molecule has 0 atom stereocenters. The van der Waals surface area contributed by atoms with E-state index in [0.29, 0.717) is 6.54 Å². The minimum absolute atomic E-state index is 0.689. The zero-order chi connectivity index (χ0) is 10.5. The summed E-state index contributed by atoms with van der Waals surface area (Å²) >= 11 is 0. The summed E-state index contributed by atoms with van der Waals surface area (Å²) in [5.74, 6) is 0.845. The van der Waals surface area contributed by atoms with Gasteiger partial charge >= 0.3 is 0 Å². The van der Waals surface area contributed by atoms with E-state index in [4.69, 9.17) is 4.52 Å². The van der Waals surface area contributed by atoms with Crippen LogP contribution < -0.4 is 5.32 Å². The van der Waals surface area contributed by atoms with Gasteiger partial charge in [0.2, 0.25) is 0 Å². The van der Waals surface area contributed by atoms with E-state index in [1.807, 2.05) is 23.0 Å². The van der Waals surface area contributed by atoms with E-state index in [9.17, 15) is 0 Å². The van der Waals surface area contributed by atoms with Gasteiger partial charge in [-0.2, -0.15) is 5.10 Å². The van der Waals surface area contributed by atoms with Crippen molar-refractivity contribution in [2.75, 3.05) is 0 Å². The zero-order valence-electron chi connectivity index (χ0n) is 8.68. The Labute approximate surface area is 88.1 Å². The van der Waals surface area contributed by atoms with Gasteiger partial charge < -0.3 is 9.84 Å². The van der Waals surface area contributed by atoms with Crippen LogP contribution in [0.5, 0.6) is 0 Å². The second-order valence-corrected chi connectivity index (χ2v) is 3.22. The van der Waals surface area contributed by atoms with Crippen LogP contribution in [-0.4, -0.2) is 14.9 Å². The first kappa shape index (κ1) is 9.92. The number of hydrogen-bond donors (Lipinski definition) is 1. The average Bonchev–Trinajstić information content (AvgIpc) is 2.88. The normalized spacial score (nSPS) is 10.7. The number of rotatable bonds is 5. The number of nitrogens with one attached hydrogen (secondary N) is 1. The second kappa shape index (κ2) is 4.75. The van der Waals surface area contributed by atoms with E-state index in [2.05, 4.69) is 22.5 Å². The lowest BCUT2D eigenvalue weighted by atomic mass is 10.4. The Kier molecular flexibility index (Phi) is 3.14. The fourth-order valence-electron chi connectivity index (χ4n) is 1.44. The molecule has 0 aliphatic carbocycles. The van der Waals surface area contributed by atoms with Crippen molar-refractivity contribution in [2.45, 2.75) is 26.6 Å². The van der Waals surface area contributed by atoms with Crippen LogP contribution in [-0.2, 0) is 19.6 Å². The van der Waals surface area contributed by atoms with Crippen LogP contribution in [0.1, 0.15) is 18.4 Å². The molecule has 0 saturated carbocycles. The van der Waals surface area contributed by atoms with Crippen LogP contribution >= 0.6 is 0 Å². The molecular formula is C10H14N4O. The van der Waals surface area contributed by atoms with Gasteiger partial charge in [0.05, 0.1) is 18.4 Å². The molecule has 0 saturated heterocycles. The lowest BCUT2D eigenvalue weighted by Crippen LogP contribution is -2.15. The SMILES string of the molecule is CCn1nccc1CNCc1ccno1. The lowest BCUT2D eigenvalue weighted by Gasteiger charge is -2.04. The van der Waals surface area contributed by atoms with E-state index in [1.165, 1.54) is 5.69 Å². The number of hydrogen-bond acceptors (Lipinski definition) is 4. The van der Waals surface area contributed by atoms with Crippen molar-refractivity contribution in [2.24, 2.45) is 0 Å². The fourth-order valence-corrected chi connectivity index (χ4v) is 1.44. The van der Waals surface area contributed by atoms with Gasteiger partial charge in [0.15, 0.2) is 0 Å². The molecule has 0 spiro atoms. The minimum Gasteiger partial charge on any atom is -0.360 e. The third kappa shape index (κ3) is 2.44. The van der Waals surface area contributed by atoms with Crippen LogP contribution in [0.25, 0.3) is 0 Å². The maximum absolute atomic E-state index is 4.97. The Morgan fingerprint density at radius 1 is 1.33 bits per heavy atom. The summed E-state index contributed by atoms with van der Waals surface area (Å²) < 4.78 is 6.94. The Morgan fingerprint density at radius 2 is 2.27 bits per heavy atom. The van der Waals surface area contributed by atoms with Gasteiger partial charge in [0.1, 0.15) is 5.76 Å². The summed E-state index contributed by atoms with van der Waals surface area (Å²) in [6.45, 7) is 4.45. The topological polar surface area (TPSA) is 55.9 Å². The summed E-state index contributed by atoms with van der Waals surface area (Å²) in [7, 11) is 0. The van der Waals surface area contributed by atoms with E-state index >= 15 is 0 Å². The fraction of sp³-hybridized carbons (Fsp3) is 0.400. The van der Waals surface area contributed by atoms with Gasteiger partial charge in [-0.3, -0.25) is 4.68 Å². The van der Waals surface area contributed by atoms with Crippen LogP contribution in [0.15, 0.2) is 29.0 Å². The highest BCUT2D eigenvalue weighted by Gasteiger charge is 2.01. The first-order valence-corrected chi connectivity index (χ1v) is 5.01. The van der Waals surface area contributed by atoms with Gasteiger partial charge in [-0.15, -0.1) is 0 Å². The third-order valence-electron chi connectivity index (χ3n) is 2.20. The lowest BCUT2D eigenvalue weighted by molar-refractivity contribution is 0.371. The van der Waals surface area contributed by atoms with Crippen molar-refractivity contribution in [3.8, 4) is 0 Å². The molecule has 2 aromatic heterocycles. The molecule has 0 amide bonds. The molecule has 0 radical (unpaired) electrons. The predicted molar refractivity (Wildman–Crippen MR) is 54.9 cm³/mol. The summed E-state index contributed by atoms with van der Waals surface area (Å²) in [6.07, 6.45) is 3.46. The molecular weight excluding hydrogens is 192 g/mol. The molecule has 2 heterocycles. The molecule has 5 nitrogen and oxygen atoms in total. The standard InChI is InChI=1S/C10H14N4O/c1-2-14-9(3-5-12-14)7-11-8-10-4-6-13-15-10/h3-6,11H,2,7-8H2,1H3. The Bertz CT molecular complexity index is 393. The van der Waals surface area contributed by atoms with Crippen molar-refractivity contribution in [3.63, 3.8) is 0 Å². The average molecular weight is 206 g/mol. The molecule has 1 N–H and O–H groups in total. The highest BCUT2D eigenvalue weighted by molar-refractivity contribution is 5.00. The molecule has 0 aromatic carbocycles. The Morgan fingerprint density at radius 3 is 3.00 bits per heavy atom. The van der Waals surface area contributed by atoms with Gasteiger partial charge in [-0.05, 0) is 13.0 Å². The van der Waals surface area contributed by atoms with E-state index < -0.39 is 0 Å². The summed E-state index contributed by atoms with van der Waals surface area (Å²) in [5.41, 5.74) is 1.18. The van der Waals surface area contributed by atoms with Crippen molar-refractivity contribution in [1.82, 2.24) is 20.3 Å². The molecule has 2 aromatic rings. The molecule has 80 valence electrons. The smallest absolute Gasteiger partial charge is 0.150 e. The molecule has 15 heavy (non-hydrogen) atoms. The van der Waals surface area contributed by atoms with Crippen molar-refractivity contribution in [1.29, 1.82) is 0 Å². The highest BCUT2D eigenvalue weighted by Crippen LogP contribution is 2.00. The molecule has 0 unspecified atom stereocenters. The highest BCUT2D eigenvalue weighted by atomic mass is 16.5. The van der Waals surface area contributed by atoms with Crippen LogP contribution in [0.3, 0.4) is 0 Å². The largest absolute Gasteiger partial charge is 0.360 e. The molecule has 0 aliphatic rings. The number of aromatic nitrogens is 3. The third-order valence-corrected chi connectivity index (χ3v) is 2.20. The number of nitrogens with zero attached hydrogens (tertiary/aromatic N) is 3. The molecule has 0 bridgehead atoms. The van der Waals surface area contributed by atoms with Gasteiger partial charge in [-0.1, -0.05) is 5.16 Å². The molecule has 0 aliphatic heterocycles. The Balaban J connectivity index is 1.83. The van der Waals surface area contributed by atoms with E-state index in [0.717, 1.165) is 18.8 Å². The zero-order valence-corrected chi connectivity index (χ0v) is 8.68. The monoisotopic (exact) mass is 206 g/mol. The maximum atomic E-state index is 4.97. The summed E-state index contributed by atoms with van der Waals surface area (Å²) in [5, 5.41) is 11.1. The molecule has 5 heteroatoms. The quantitative estimate of drug-likeness (QED) is 0.798. The summed E-state index contributed by atoms with van der Waals surface area (Å²) in [6, 6.07) is 3.86. The molecule has 2 rings (SSSR count). The first-order chi connectivity index (χ1) is 7.40. The van der Waals surface area contributed by atoms with Crippen molar-refractivity contribution in [3.05, 3.63) is 36.0 Å². The van der Waals surface area contributed by atoms with Crippen LogP contribution in [0.2, 0.25) is 0 Å². The van der Waals surface area contributed by atoms with Crippen molar-refractivity contribution >= 4 is 0 Å². The minimum atomic E-state index is 0.689. The van der Waals surface area contributed by atoms with Gasteiger partial charge in [0.25, 0.3) is 0 Å². The van der Waals surface area contributed by atoms with Gasteiger partial charge in [-0.25, -0.2) is 0 Å². The van der Waals surface area contributed by atoms with E-state index in [1.54, 1.807) is 6.20 Å². The van der Waals surface area contributed by atoms with Crippen LogP contribution in [0, 0.1) is 0 Å². The van der Waals surface area contributed by atoms with Crippen molar-refractivity contribution < 1.29 is 4.52 Å². The predicted octanol–water partition coefficient (Wildman–Crippen LogP) is 1.18. The van der Waals surface area contributed by atoms with Crippen LogP contribution in [0.4, 0.5) is 0 Å².